The van der Waals surface area contributed by atoms with Gasteiger partial charge in [0.15, 0.2) is 0 Å². The summed E-state index contributed by atoms with van der Waals surface area (Å²) < 4.78 is 24.4. The van der Waals surface area contributed by atoms with Crippen LogP contribution in [0.4, 0.5) is 5.82 Å². The van der Waals surface area contributed by atoms with Crippen LogP contribution in [0.25, 0.3) is 22.5 Å². The van der Waals surface area contributed by atoms with Gasteiger partial charge in [0.2, 0.25) is 15.8 Å². The van der Waals surface area contributed by atoms with Crippen LogP contribution in [0.5, 0.6) is 0 Å². The molecule has 2 aromatic heterocycles. The van der Waals surface area contributed by atoms with Gasteiger partial charge in [0.25, 0.3) is 0 Å². The molecule has 5 N–H and O–H groups in total. The third-order valence-electron chi connectivity index (χ3n) is 3.06. The highest BCUT2D eigenvalue weighted by atomic mass is 79.9. The van der Waals surface area contributed by atoms with Crippen LogP contribution in [0.1, 0.15) is 0 Å². The fraction of sp³-hybridized carbons (Fsp3) is 0. The number of anilines is 1. The molecule has 0 aliphatic heterocycles. The van der Waals surface area contributed by atoms with Crippen molar-refractivity contribution in [3.05, 3.63) is 34.9 Å². The van der Waals surface area contributed by atoms with Gasteiger partial charge in [0.05, 0.1) is 5.56 Å². The van der Waals surface area contributed by atoms with Crippen molar-refractivity contribution in [3.8, 4) is 22.5 Å². The number of hydrogen-bond acceptors (Lipinski definition) is 7. The molecular weight excluding hydrogens is 386 g/mol. The highest BCUT2D eigenvalue weighted by Crippen LogP contribution is 2.38. The smallest absolute Gasteiger partial charge is 0.239 e. The van der Waals surface area contributed by atoms with E-state index < -0.39 is 10.0 Å². The van der Waals surface area contributed by atoms with E-state index in [-0.39, 0.29) is 16.3 Å². The Balaban J connectivity index is 2.39. The lowest BCUT2D eigenvalue weighted by atomic mass is 10.0. The highest BCUT2D eigenvalue weighted by molar-refractivity contribution is 9.10. The molecule has 0 bridgehead atoms. The van der Waals surface area contributed by atoms with Gasteiger partial charge >= 0.3 is 0 Å². The average Bonchev–Trinajstić information content (AvgIpc) is 3.00. The van der Waals surface area contributed by atoms with Gasteiger partial charge in [-0.05, 0) is 44.9 Å². The molecule has 2 heterocycles. The van der Waals surface area contributed by atoms with E-state index in [0.717, 1.165) is 0 Å². The molecule has 3 rings (SSSR count). The highest BCUT2D eigenvalue weighted by Gasteiger charge is 2.25. The van der Waals surface area contributed by atoms with E-state index in [1.54, 1.807) is 24.3 Å². The van der Waals surface area contributed by atoms with Crippen LogP contribution in [0.15, 0.2) is 39.8 Å². The number of sulfonamides is 1. The van der Waals surface area contributed by atoms with Gasteiger partial charge in [-0.2, -0.15) is 5.21 Å². The fourth-order valence-corrected chi connectivity index (χ4v) is 3.96. The zero-order valence-corrected chi connectivity index (χ0v) is 13.8. The average molecular weight is 396 g/mol. The quantitative estimate of drug-likeness (QED) is 0.595. The molecule has 11 heteroatoms. The Kier molecular flexibility index (Phi) is 3.83. The van der Waals surface area contributed by atoms with Crippen LogP contribution in [0, 0.1) is 0 Å². The Hall–Kier alpha value is -2.37. The minimum Gasteiger partial charge on any atom is -0.384 e. The van der Waals surface area contributed by atoms with Gasteiger partial charge in [-0.1, -0.05) is 6.07 Å². The summed E-state index contributed by atoms with van der Waals surface area (Å²) in [6, 6.07) is 6.60. The van der Waals surface area contributed by atoms with Crippen LogP contribution < -0.4 is 10.9 Å². The van der Waals surface area contributed by atoms with Crippen molar-refractivity contribution in [1.82, 2.24) is 25.6 Å². The number of pyridine rings is 1. The van der Waals surface area contributed by atoms with Gasteiger partial charge in [-0.15, -0.1) is 10.2 Å². The number of nitrogens with two attached hydrogens (primary N) is 2. The van der Waals surface area contributed by atoms with Crippen LogP contribution in [-0.2, 0) is 10.0 Å². The SMILES string of the molecule is Nc1ccc(-c2ccc(Br)c(S(N)(=O)=O)c2-c2nn[nH]n2)cn1. The zero-order chi connectivity index (χ0) is 16.6. The summed E-state index contributed by atoms with van der Waals surface area (Å²) in [7, 11) is -4.04. The van der Waals surface area contributed by atoms with E-state index in [1.165, 1.54) is 6.20 Å². The number of H-pyrrole nitrogens is 1. The second-order valence-corrected chi connectivity index (χ2v) is 6.90. The minimum absolute atomic E-state index is 0.0992. The standard InChI is InChI=1S/C12H10BrN7O2S/c13-8-3-2-7(6-1-4-9(14)16-5-6)10(11(8)23(15,21)22)12-17-19-20-18-12/h1-5H,(H2,14,16)(H2,15,21,22)(H,17,18,19,20). The number of rotatable bonds is 3. The summed E-state index contributed by atoms with van der Waals surface area (Å²) >= 11 is 3.21. The Bertz CT molecular complexity index is 956. The van der Waals surface area contributed by atoms with E-state index in [4.69, 9.17) is 10.9 Å². The summed E-state index contributed by atoms with van der Waals surface area (Å²) in [5, 5.41) is 18.9. The van der Waals surface area contributed by atoms with Crippen LogP contribution in [0.2, 0.25) is 0 Å². The molecule has 0 unspecified atom stereocenters. The van der Waals surface area contributed by atoms with Gasteiger partial charge < -0.3 is 5.73 Å². The maximum atomic E-state index is 12.0. The first-order chi connectivity index (χ1) is 10.9. The third-order valence-corrected chi connectivity index (χ3v) is 4.98. The molecule has 0 atom stereocenters. The number of nitrogens with one attached hydrogen (secondary N) is 1. The van der Waals surface area contributed by atoms with E-state index in [0.29, 0.717) is 21.4 Å². The van der Waals surface area contributed by atoms with Crippen molar-refractivity contribution in [1.29, 1.82) is 0 Å². The number of benzene rings is 1. The Morgan fingerprint density at radius 1 is 1.17 bits per heavy atom. The summed E-state index contributed by atoms with van der Waals surface area (Å²) in [5.41, 5.74) is 6.98. The zero-order valence-electron chi connectivity index (χ0n) is 11.4. The Morgan fingerprint density at radius 2 is 1.96 bits per heavy atom. The predicted molar refractivity (Wildman–Crippen MR) is 86.3 cm³/mol. The molecule has 0 saturated heterocycles. The number of nitrogen functional groups attached to an aromatic ring is 1. The fourth-order valence-electron chi connectivity index (χ4n) is 2.13. The molecule has 9 nitrogen and oxygen atoms in total. The molecule has 0 aliphatic carbocycles. The van der Waals surface area contributed by atoms with Gasteiger partial charge in [0, 0.05) is 16.2 Å². The monoisotopic (exact) mass is 395 g/mol. The number of nitrogens with zero attached hydrogens (tertiary/aromatic N) is 4. The Labute approximate surface area is 139 Å². The molecule has 23 heavy (non-hydrogen) atoms. The van der Waals surface area contributed by atoms with Gasteiger partial charge in [-0.25, -0.2) is 18.5 Å². The van der Waals surface area contributed by atoms with Crippen LogP contribution in [0.3, 0.4) is 0 Å². The summed E-state index contributed by atoms with van der Waals surface area (Å²) in [5.74, 6) is 0.445. The third kappa shape index (κ3) is 2.93. The number of primary sulfonamides is 1. The van der Waals surface area contributed by atoms with Gasteiger partial charge in [-0.3, -0.25) is 0 Å². The van der Waals surface area contributed by atoms with Gasteiger partial charge in [0.1, 0.15) is 10.7 Å². The first kappa shape index (κ1) is 15.5. The largest absolute Gasteiger partial charge is 0.384 e. The molecule has 0 amide bonds. The lowest BCUT2D eigenvalue weighted by Gasteiger charge is -2.13. The van der Waals surface area contributed by atoms with Crippen molar-refractivity contribution >= 4 is 31.8 Å². The maximum absolute atomic E-state index is 12.0. The lowest BCUT2D eigenvalue weighted by molar-refractivity contribution is 0.597. The van der Waals surface area contributed by atoms with Crippen molar-refractivity contribution in [2.45, 2.75) is 4.90 Å². The van der Waals surface area contributed by atoms with Crippen LogP contribution >= 0.6 is 15.9 Å². The predicted octanol–water partition coefficient (Wildman–Crippen LogP) is 0.921. The lowest BCUT2D eigenvalue weighted by Crippen LogP contribution is -2.15. The van der Waals surface area contributed by atoms with E-state index >= 15 is 0 Å². The summed E-state index contributed by atoms with van der Waals surface area (Å²) in [6.45, 7) is 0. The second kappa shape index (κ2) is 5.68. The normalized spacial score (nSPS) is 11.6. The number of hydrogen-bond donors (Lipinski definition) is 3. The van der Waals surface area contributed by atoms with Crippen molar-refractivity contribution in [3.63, 3.8) is 0 Å². The minimum atomic E-state index is -4.04. The first-order valence-electron chi connectivity index (χ1n) is 6.19. The molecule has 3 aromatic rings. The molecule has 1 aromatic carbocycles. The molecular formula is C12H10BrN7O2S. The second-order valence-electron chi connectivity index (χ2n) is 4.55. The maximum Gasteiger partial charge on any atom is 0.239 e. The molecule has 0 radical (unpaired) electrons. The summed E-state index contributed by atoms with van der Waals surface area (Å²) in [6.07, 6.45) is 1.52. The van der Waals surface area contributed by atoms with E-state index in [9.17, 15) is 8.42 Å². The van der Waals surface area contributed by atoms with Crippen LogP contribution in [-0.4, -0.2) is 34.0 Å². The molecule has 0 aliphatic rings. The number of aromatic nitrogens is 5. The molecule has 118 valence electrons. The molecule has 0 spiro atoms. The number of tetrazole rings is 1. The Morgan fingerprint density at radius 3 is 2.52 bits per heavy atom. The first-order valence-corrected chi connectivity index (χ1v) is 8.53. The number of halogens is 1. The topological polar surface area (TPSA) is 154 Å². The van der Waals surface area contributed by atoms with Crippen molar-refractivity contribution in [2.75, 3.05) is 5.73 Å². The van der Waals surface area contributed by atoms with E-state index in [2.05, 4.69) is 41.5 Å². The number of aromatic amines is 1. The van der Waals surface area contributed by atoms with Crippen molar-refractivity contribution in [2.24, 2.45) is 5.14 Å². The van der Waals surface area contributed by atoms with E-state index in [1.807, 2.05) is 0 Å². The molecule has 0 fully saturated rings. The van der Waals surface area contributed by atoms with Crippen molar-refractivity contribution < 1.29 is 8.42 Å². The summed E-state index contributed by atoms with van der Waals surface area (Å²) in [4.78, 5) is 3.88. The molecule has 0 saturated carbocycles.